The Morgan fingerprint density at radius 3 is 2.52 bits per heavy atom. The molecule has 0 aromatic heterocycles. The molecule has 148 valence electrons. The van der Waals surface area contributed by atoms with Crippen molar-refractivity contribution < 1.29 is 0 Å². The highest BCUT2D eigenvalue weighted by Crippen LogP contribution is 2.20. The number of guanidine groups is 1. The molecule has 0 unspecified atom stereocenters. The minimum Gasteiger partial charge on any atom is -0.364 e. The number of piperidine rings is 1. The number of anilines is 1. The van der Waals surface area contributed by atoms with E-state index >= 15 is 0 Å². The van der Waals surface area contributed by atoms with Gasteiger partial charge in [0.05, 0.1) is 0 Å². The van der Waals surface area contributed by atoms with E-state index in [9.17, 15) is 0 Å². The molecule has 2 heterocycles. The molecular formula is C22H35N5. The zero-order valence-electron chi connectivity index (χ0n) is 17.2. The van der Waals surface area contributed by atoms with Crippen LogP contribution in [0.15, 0.2) is 41.4 Å². The summed E-state index contributed by atoms with van der Waals surface area (Å²) >= 11 is 0. The van der Waals surface area contributed by atoms with Crippen molar-refractivity contribution in [3.8, 4) is 0 Å². The summed E-state index contributed by atoms with van der Waals surface area (Å²) in [6.45, 7) is 10.7. The molecule has 2 aliphatic rings. The molecule has 1 aromatic rings. The molecule has 3 rings (SSSR count). The molecule has 0 aliphatic carbocycles. The molecule has 0 radical (unpaired) electrons. The largest absolute Gasteiger partial charge is 0.364 e. The maximum Gasteiger partial charge on any atom is 0.191 e. The molecule has 0 amide bonds. The van der Waals surface area contributed by atoms with Gasteiger partial charge in [0.1, 0.15) is 0 Å². The highest BCUT2D eigenvalue weighted by atomic mass is 15.2. The summed E-state index contributed by atoms with van der Waals surface area (Å²) in [6, 6.07) is 8.76. The second-order valence-electron chi connectivity index (χ2n) is 8.19. The standard InChI is InChI=1S/C22H35N5/c1-22(2,27-14-5-4-6-15-27)18-25-21(23-3)24-17-19-10-9-11-20(16-19)26-12-7-8-13-26/h7-11,16H,4-6,12-15,17-18H2,1-3H3,(H2,23,24,25). The summed E-state index contributed by atoms with van der Waals surface area (Å²) in [5.41, 5.74) is 2.70. The van der Waals surface area contributed by atoms with Gasteiger partial charge in [-0.15, -0.1) is 0 Å². The Kier molecular flexibility index (Phi) is 6.78. The molecule has 5 nitrogen and oxygen atoms in total. The van der Waals surface area contributed by atoms with Crippen LogP contribution in [0.2, 0.25) is 0 Å². The molecule has 2 aliphatic heterocycles. The maximum atomic E-state index is 4.41. The quantitative estimate of drug-likeness (QED) is 0.460. The van der Waals surface area contributed by atoms with Gasteiger partial charge < -0.3 is 15.5 Å². The van der Waals surface area contributed by atoms with Gasteiger partial charge >= 0.3 is 0 Å². The highest BCUT2D eigenvalue weighted by molar-refractivity contribution is 5.79. The van der Waals surface area contributed by atoms with Crippen molar-refractivity contribution in [1.82, 2.24) is 15.5 Å². The van der Waals surface area contributed by atoms with Gasteiger partial charge in [-0.2, -0.15) is 0 Å². The average molecular weight is 370 g/mol. The van der Waals surface area contributed by atoms with Crippen LogP contribution in [0.5, 0.6) is 0 Å². The van der Waals surface area contributed by atoms with Gasteiger partial charge in [0.15, 0.2) is 5.96 Å². The Morgan fingerprint density at radius 1 is 1.07 bits per heavy atom. The Balaban J connectivity index is 1.49. The summed E-state index contributed by atoms with van der Waals surface area (Å²) < 4.78 is 0. The van der Waals surface area contributed by atoms with Crippen molar-refractivity contribution in [3.63, 3.8) is 0 Å². The molecule has 2 N–H and O–H groups in total. The van der Waals surface area contributed by atoms with Gasteiger partial charge in [-0.3, -0.25) is 9.89 Å². The van der Waals surface area contributed by atoms with E-state index in [2.05, 4.69) is 75.7 Å². The van der Waals surface area contributed by atoms with Gasteiger partial charge in [-0.1, -0.05) is 30.7 Å². The lowest BCUT2D eigenvalue weighted by Crippen LogP contribution is -2.54. The third kappa shape index (κ3) is 5.48. The summed E-state index contributed by atoms with van der Waals surface area (Å²) in [5.74, 6) is 0.869. The number of likely N-dealkylation sites (tertiary alicyclic amines) is 1. The van der Waals surface area contributed by atoms with Crippen molar-refractivity contribution in [1.29, 1.82) is 0 Å². The summed E-state index contributed by atoms with van der Waals surface area (Å²) in [6.07, 6.45) is 8.45. The lowest BCUT2D eigenvalue weighted by molar-refractivity contribution is 0.0982. The van der Waals surface area contributed by atoms with Crippen molar-refractivity contribution >= 4 is 11.6 Å². The van der Waals surface area contributed by atoms with Gasteiger partial charge in [0.25, 0.3) is 0 Å². The van der Waals surface area contributed by atoms with Crippen LogP contribution in [0, 0.1) is 0 Å². The number of nitrogens with one attached hydrogen (secondary N) is 2. The van der Waals surface area contributed by atoms with E-state index in [-0.39, 0.29) is 5.54 Å². The predicted octanol–water partition coefficient (Wildman–Crippen LogP) is 2.99. The zero-order valence-corrected chi connectivity index (χ0v) is 17.2. The third-order valence-electron chi connectivity index (χ3n) is 5.68. The van der Waals surface area contributed by atoms with E-state index in [1.165, 1.54) is 43.6 Å². The molecule has 1 fully saturated rings. The van der Waals surface area contributed by atoms with E-state index in [0.29, 0.717) is 0 Å². The van der Waals surface area contributed by atoms with Crippen molar-refractivity contribution in [2.45, 2.75) is 45.2 Å². The monoisotopic (exact) mass is 369 g/mol. The first-order chi connectivity index (χ1) is 13.1. The number of nitrogens with zero attached hydrogens (tertiary/aromatic N) is 3. The lowest BCUT2D eigenvalue weighted by atomic mass is 9.98. The molecule has 0 spiro atoms. The third-order valence-corrected chi connectivity index (χ3v) is 5.68. The molecule has 5 heteroatoms. The van der Waals surface area contributed by atoms with Gasteiger partial charge in [-0.25, -0.2) is 0 Å². The minimum absolute atomic E-state index is 0.140. The fourth-order valence-corrected chi connectivity index (χ4v) is 3.87. The summed E-state index contributed by atoms with van der Waals surface area (Å²) in [5, 5.41) is 6.99. The van der Waals surface area contributed by atoms with Crippen LogP contribution >= 0.6 is 0 Å². The van der Waals surface area contributed by atoms with Gasteiger partial charge in [0.2, 0.25) is 0 Å². The van der Waals surface area contributed by atoms with E-state index in [1.54, 1.807) is 0 Å². The molecule has 1 aromatic carbocycles. The topological polar surface area (TPSA) is 42.9 Å². The fourth-order valence-electron chi connectivity index (χ4n) is 3.87. The van der Waals surface area contributed by atoms with Gasteiger partial charge in [-0.05, 0) is 57.5 Å². The summed E-state index contributed by atoms with van der Waals surface area (Å²) in [7, 11) is 1.84. The van der Waals surface area contributed by atoms with Crippen LogP contribution < -0.4 is 15.5 Å². The molecule has 0 bridgehead atoms. The second-order valence-corrected chi connectivity index (χ2v) is 8.19. The smallest absolute Gasteiger partial charge is 0.191 e. The second kappa shape index (κ2) is 9.27. The molecule has 0 atom stereocenters. The molecule has 0 saturated carbocycles. The van der Waals surface area contributed by atoms with Crippen molar-refractivity contribution in [2.24, 2.45) is 4.99 Å². The van der Waals surface area contributed by atoms with E-state index < -0.39 is 0 Å². The predicted molar refractivity (Wildman–Crippen MR) is 115 cm³/mol. The Labute approximate surface area is 164 Å². The van der Waals surface area contributed by atoms with Crippen LogP contribution in [-0.2, 0) is 6.54 Å². The number of benzene rings is 1. The van der Waals surface area contributed by atoms with Crippen LogP contribution in [0.1, 0.15) is 38.7 Å². The SMILES string of the molecule is CN=C(NCc1cccc(N2CC=CC2)c1)NCC(C)(C)N1CCCCC1. The number of rotatable bonds is 6. The van der Waals surface area contributed by atoms with E-state index in [1.807, 2.05) is 7.05 Å². The van der Waals surface area contributed by atoms with Crippen LogP contribution in [0.3, 0.4) is 0 Å². The fraction of sp³-hybridized carbons (Fsp3) is 0.591. The normalized spacial score (nSPS) is 18.8. The van der Waals surface area contributed by atoms with Crippen LogP contribution in [-0.4, -0.2) is 56.2 Å². The summed E-state index contributed by atoms with van der Waals surface area (Å²) in [4.78, 5) is 9.38. The first-order valence-corrected chi connectivity index (χ1v) is 10.3. The zero-order chi connectivity index (χ0) is 19.1. The van der Waals surface area contributed by atoms with Crippen molar-refractivity contribution in [2.75, 3.05) is 44.7 Å². The number of aliphatic imine (C=N–C) groups is 1. The first kappa shape index (κ1) is 19.7. The Hall–Kier alpha value is -2.01. The van der Waals surface area contributed by atoms with Crippen LogP contribution in [0.25, 0.3) is 0 Å². The Morgan fingerprint density at radius 2 is 1.81 bits per heavy atom. The molecule has 1 saturated heterocycles. The molecule has 27 heavy (non-hydrogen) atoms. The van der Waals surface area contributed by atoms with E-state index in [0.717, 1.165) is 32.1 Å². The average Bonchev–Trinajstić information content (AvgIpc) is 3.24. The van der Waals surface area contributed by atoms with E-state index in [4.69, 9.17) is 0 Å². The number of hydrogen-bond acceptors (Lipinski definition) is 3. The van der Waals surface area contributed by atoms with Crippen molar-refractivity contribution in [3.05, 3.63) is 42.0 Å². The lowest BCUT2D eigenvalue weighted by Gasteiger charge is -2.41. The molecular weight excluding hydrogens is 334 g/mol. The number of hydrogen-bond donors (Lipinski definition) is 2. The van der Waals surface area contributed by atoms with Gasteiger partial charge in [0, 0.05) is 44.5 Å². The van der Waals surface area contributed by atoms with Crippen LogP contribution in [0.4, 0.5) is 5.69 Å². The Bertz CT molecular complexity index is 650. The first-order valence-electron chi connectivity index (χ1n) is 10.3. The minimum atomic E-state index is 0.140. The highest BCUT2D eigenvalue weighted by Gasteiger charge is 2.27. The maximum absolute atomic E-state index is 4.41.